The van der Waals surface area contributed by atoms with Crippen molar-refractivity contribution in [3.8, 4) is 0 Å². The summed E-state index contributed by atoms with van der Waals surface area (Å²) in [4.78, 5) is 23.7. The first-order chi connectivity index (χ1) is 9.61. The van der Waals surface area contributed by atoms with E-state index >= 15 is 0 Å². The van der Waals surface area contributed by atoms with Crippen molar-refractivity contribution in [2.24, 2.45) is 5.92 Å². The SMILES string of the molecule is Cc1ccccc1NC(=O)C(=O)NC(CCO)C1CC1. The number of aliphatic hydroxyl groups is 1. The molecule has 0 spiro atoms. The quantitative estimate of drug-likeness (QED) is 0.707. The van der Waals surface area contributed by atoms with E-state index in [0.717, 1.165) is 18.4 Å². The highest BCUT2D eigenvalue weighted by Gasteiger charge is 2.33. The van der Waals surface area contributed by atoms with Gasteiger partial charge in [-0.05, 0) is 43.7 Å². The Kier molecular flexibility index (Phi) is 4.74. The molecule has 1 saturated carbocycles. The summed E-state index contributed by atoms with van der Waals surface area (Å²) in [6.07, 6.45) is 2.59. The highest BCUT2D eigenvalue weighted by atomic mass is 16.3. The van der Waals surface area contributed by atoms with E-state index < -0.39 is 11.8 Å². The number of nitrogens with one attached hydrogen (secondary N) is 2. The number of carbonyl (C=O) groups excluding carboxylic acids is 2. The van der Waals surface area contributed by atoms with E-state index in [1.165, 1.54) is 0 Å². The Morgan fingerprint density at radius 3 is 2.60 bits per heavy atom. The Balaban J connectivity index is 1.91. The Morgan fingerprint density at radius 1 is 1.30 bits per heavy atom. The third-order valence-electron chi connectivity index (χ3n) is 3.55. The average molecular weight is 276 g/mol. The average Bonchev–Trinajstić information content (AvgIpc) is 3.25. The fraction of sp³-hybridized carbons (Fsp3) is 0.467. The van der Waals surface area contributed by atoms with Crippen molar-refractivity contribution >= 4 is 17.5 Å². The summed E-state index contributed by atoms with van der Waals surface area (Å²) in [5.74, 6) is -0.904. The number of aliphatic hydroxyl groups excluding tert-OH is 1. The van der Waals surface area contributed by atoms with Gasteiger partial charge in [-0.3, -0.25) is 9.59 Å². The molecule has 0 bridgehead atoms. The van der Waals surface area contributed by atoms with Gasteiger partial charge in [-0.15, -0.1) is 0 Å². The van der Waals surface area contributed by atoms with Crippen LogP contribution in [-0.2, 0) is 9.59 Å². The van der Waals surface area contributed by atoms with Crippen LogP contribution in [0.4, 0.5) is 5.69 Å². The van der Waals surface area contributed by atoms with E-state index in [-0.39, 0.29) is 12.6 Å². The van der Waals surface area contributed by atoms with Gasteiger partial charge in [-0.25, -0.2) is 0 Å². The maximum Gasteiger partial charge on any atom is 0.313 e. The summed E-state index contributed by atoms with van der Waals surface area (Å²) in [5.41, 5.74) is 1.54. The van der Waals surface area contributed by atoms with E-state index in [9.17, 15) is 9.59 Å². The first-order valence-corrected chi connectivity index (χ1v) is 6.90. The lowest BCUT2D eigenvalue weighted by molar-refractivity contribution is -0.136. The van der Waals surface area contributed by atoms with Gasteiger partial charge in [0.05, 0.1) is 0 Å². The molecule has 0 aromatic heterocycles. The van der Waals surface area contributed by atoms with Crippen LogP contribution in [0.5, 0.6) is 0 Å². The molecule has 5 nitrogen and oxygen atoms in total. The molecule has 1 aliphatic carbocycles. The molecule has 0 saturated heterocycles. The van der Waals surface area contributed by atoms with Gasteiger partial charge in [0, 0.05) is 18.3 Å². The molecule has 1 atom stereocenters. The minimum absolute atomic E-state index is 0.0147. The van der Waals surface area contributed by atoms with Crippen molar-refractivity contribution < 1.29 is 14.7 Å². The Morgan fingerprint density at radius 2 is 2.00 bits per heavy atom. The summed E-state index contributed by atoms with van der Waals surface area (Å²) in [7, 11) is 0. The summed E-state index contributed by atoms with van der Waals surface area (Å²) >= 11 is 0. The fourth-order valence-electron chi connectivity index (χ4n) is 2.19. The molecule has 1 fully saturated rings. The van der Waals surface area contributed by atoms with Gasteiger partial charge in [0.1, 0.15) is 0 Å². The predicted octanol–water partition coefficient (Wildman–Crippen LogP) is 1.21. The molecule has 0 heterocycles. The maximum atomic E-state index is 11.9. The van der Waals surface area contributed by atoms with Gasteiger partial charge < -0.3 is 15.7 Å². The molecule has 1 aromatic carbocycles. The largest absolute Gasteiger partial charge is 0.396 e. The minimum atomic E-state index is -0.664. The second kappa shape index (κ2) is 6.52. The number of hydrogen-bond donors (Lipinski definition) is 3. The topological polar surface area (TPSA) is 78.4 Å². The lowest BCUT2D eigenvalue weighted by Crippen LogP contribution is -2.43. The Hall–Kier alpha value is -1.88. The second-order valence-corrected chi connectivity index (χ2v) is 5.20. The molecule has 5 heteroatoms. The van der Waals surface area contributed by atoms with Gasteiger partial charge >= 0.3 is 11.8 Å². The molecule has 20 heavy (non-hydrogen) atoms. The van der Waals surface area contributed by atoms with Gasteiger partial charge in [-0.2, -0.15) is 0 Å². The normalized spacial score (nSPS) is 15.5. The van der Waals surface area contributed by atoms with Crippen LogP contribution < -0.4 is 10.6 Å². The number of benzene rings is 1. The van der Waals surface area contributed by atoms with Crippen LogP contribution in [0.3, 0.4) is 0 Å². The molecule has 2 rings (SSSR count). The molecule has 3 N–H and O–H groups in total. The highest BCUT2D eigenvalue weighted by Crippen LogP contribution is 2.33. The zero-order valence-corrected chi connectivity index (χ0v) is 11.6. The summed E-state index contributed by atoms with van der Waals surface area (Å²) < 4.78 is 0. The van der Waals surface area contributed by atoms with E-state index in [2.05, 4.69) is 10.6 Å². The van der Waals surface area contributed by atoms with E-state index in [1.807, 2.05) is 19.1 Å². The third-order valence-corrected chi connectivity index (χ3v) is 3.55. The Labute approximate surface area is 118 Å². The van der Waals surface area contributed by atoms with Crippen LogP contribution in [0.15, 0.2) is 24.3 Å². The molecule has 1 aromatic rings. The molecular formula is C15H20N2O3. The van der Waals surface area contributed by atoms with Crippen LogP contribution >= 0.6 is 0 Å². The fourth-order valence-corrected chi connectivity index (χ4v) is 2.19. The predicted molar refractivity (Wildman–Crippen MR) is 76.2 cm³/mol. The zero-order valence-electron chi connectivity index (χ0n) is 11.6. The molecule has 108 valence electrons. The lowest BCUT2D eigenvalue weighted by Gasteiger charge is -2.17. The van der Waals surface area contributed by atoms with E-state index in [4.69, 9.17) is 5.11 Å². The van der Waals surface area contributed by atoms with Crippen molar-refractivity contribution in [3.63, 3.8) is 0 Å². The molecule has 0 radical (unpaired) electrons. The van der Waals surface area contributed by atoms with Crippen LogP contribution in [0, 0.1) is 12.8 Å². The number of para-hydroxylation sites is 1. The van der Waals surface area contributed by atoms with Crippen molar-refractivity contribution in [3.05, 3.63) is 29.8 Å². The first-order valence-electron chi connectivity index (χ1n) is 6.90. The standard InChI is InChI=1S/C15H20N2O3/c1-10-4-2-3-5-12(10)16-14(19)15(20)17-13(8-9-18)11-6-7-11/h2-5,11,13,18H,6-9H2,1H3,(H,16,19)(H,17,20). The van der Waals surface area contributed by atoms with Crippen LogP contribution in [0.2, 0.25) is 0 Å². The molecule has 0 aliphatic heterocycles. The number of aryl methyl sites for hydroxylation is 1. The van der Waals surface area contributed by atoms with Crippen LogP contribution in [-0.4, -0.2) is 29.6 Å². The first kappa shape index (κ1) is 14.5. The molecule has 2 amide bonds. The van der Waals surface area contributed by atoms with E-state index in [1.54, 1.807) is 12.1 Å². The Bertz CT molecular complexity index is 498. The highest BCUT2D eigenvalue weighted by molar-refractivity contribution is 6.39. The summed E-state index contributed by atoms with van der Waals surface area (Å²) in [6, 6.07) is 7.20. The van der Waals surface area contributed by atoms with Gasteiger partial charge in [0.25, 0.3) is 0 Å². The monoisotopic (exact) mass is 276 g/mol. The molecule has 1 unspecified atom stereocenters. The minimum Gasteiger partial charge on any atom is -0.396 e. The molecule has 1 aliphatic rings. The number of rotatable bonds is 5. The van der Waals surface area contributed by atoms with Crippen molar-refractivity contribution in [2.75, 3.05) is 11.9 Å². The smallest absolute Gasteiger partial charge is 0.313 e. The maximum absolute atomic E-state index is 11.9. The van der Waals surface area contributed by atoms with Crippen LogP contribution in [0.25, 0.3) is 0 Å². The third kappa shape index (κ3) is 3.81. The van der Waals surface area contributed by atoms with Gasteiger partial charge in [-0.1, -0.05) is 18.2 Å². The second-order valence-electron chi connectivity index (χ2n) is 5.20. The lowest BCUT2D eigenvalue weighted by atomic mass is 10.1. The van der Waals surface area contributed by atoms with Crippen LogP contribution in [0.1, 0.15) is 24.8 Å². The number of hydrogen-bond acceptors (Lipinski definition) is 3. The van der Waals surface area contributed by atoms with Crippen molar-refractivity contribution in [2.45, 2.75) is 32.2 Å². The van der Waals surface area contributed by atoms with Gasteiger partial charge in [0.2, 0.25) is 0 Å². The summed E-state index contributed by atoms with van der Waals surface area (Å²) in [5, 5.41) is 14.3. The number of anilines is 1. The summed E-state index contributed by atoms with van der Waals surface area (Å²) in [6.45, 7) is 1.88. The molecular weight excluding hydrogens is 256 g/mol. The van der Waals surface area contributed by atoms with Crippen molar-refractivity contribution in [1.29, 1.82) is 0 Å². The van der Waals surface area contributed by atoms with Crippen molar-refractivity contribution in [1.82, 2.24) is 5.32 Å². The number of carbonyl (C=O) groups is 2. The zero-order chi connectivity index (χ0) is 14.5. The van der Waals surface area contributed by atoms with Gasteiger partial charge in [0.15, 0.2) is 0 Å². The van der Waals surface area contributed by atoms with E-state index in [0.29, 0.717) is 18.0 Å². The number of amides is 2.